The van der Waals surface area contributed by atoms with Crippen LogP contribution in [0.4, 0.5) is 4.79 Å². The van der Waals surface area contributed by atoms with Crippen LogP contribution in [0.15, 0.2) is 39.7 Å². The first-order valence-corrected chi connectivity index (χ1v) is 8.97. The molecule has 3 rings (SSSR count). The molecule has 0 aliphatic carbocycles. The van der Waals surface area contributed by atoms with E-state index in [-0.39, 0.29) is 33.9 Å². The molecule has 1 aromatic carbocycles. The normalized spacial score (nSPS) is 15.8. The molecule has 1 N–H and O–H groups in total. The van der Waals surface area contributed by atoms with Crippen LogP contribution in [-0.4, -0.2) is 47.4 Å². The molecule has 27 heavy (non-hydrogen) atoms. The topological polar surface area (TPSA) is 97.1 Å². The van der Waals surface area contributed by atoms with Crippen molar-refractivity contribution in [1.82, 2.24) is 4.90 Å². The van der Waals surface area contributed by atoms with Gasteiger partial charge in [-0.2, -0.15) is 0 Å². The number of benzene rings is 1. The lowest BCUT2D eigenvalue weighted by atomic mass is 10.1. The molecule has 0 unspecified atom stereocenters. The maximum atomic E-state index is 12.3. The molecule has 2 amide bonds. The summed E-state index contributed by atoms with van der Waals surface area (Å²) in [6.07, 6.45) is 1.49. The Morgan fingerprint density at radius 1 is 1.33 bits per heavy atom. The Balaban J connectivity index is 1.81. The minimum atomic E-state index is -1.11. The Morgan fingerprint density at radius 3 is 2.78 bits per heavy atom. The molecule has 0 atom stereocenters. The summed E-state index contributed by atoms with van der Waals surface area (Å²) in [6, 6.07) is 7.79. The molecule has 0 bridgehead atoms. The SMILES string of the molecule is COCCN1C(=O)S/C(=C/c2ccc(-c3ccc(C(=O)O)c(Cl)c3)o2)C1=O. The zero-order chi connectivity index (χ0) is 19.6. The highest BCUT2D eigenvalue weighted by atomic mass is 35.5. The number of furan rings is 1. The number of methoxy groups -OCH3 is 1. The lowest BCUT2D eigenvalue weighted by molar-refractivity contribution is -0.123. The van der Waals surface area contributed by atoms with Gasteiger partial charge in [-0.25, -0.2) is 4.79 Å². The average Bonchev–Trinajstić information content (AvgIpc) is 3.19. The Bertz CT molecular complexity index is 951. The van der Waals surface area contributed by atoms with Crippen LogP contribution in [-0.2, 0) is 9.53 Å². The number of carbonyl (C=O) groups excluding carboxylic acids is 2. The van der Waals surface area contributed by atoms with Crippen molar-refractivity contribution in [1.29, 1.82) is 0 Å². The second kappa shape index (κ2) is 7.99. The number of rotatable bonds is 6. The highest BCUT2D eigenvalue weighted by molar-refractivity contribution is 8.18. The fraction of sp³-hybridized carbons (Fsp3) is 0.167. The zero-order valence-electron chi connectivity index (χ0n) is 14.1. The van der Waals surface area contributed by atoms with Gasteiger partial charge in [0.25, 0.3) is 11.1 Å². The first-order valence-electron chi connectivity index (χ1n) is 7.78. The van der Waals surface area contributed by atoms with Crippen molar-refractivity contribution in [3.05, 3.63) is 51.6 Å². The number of carboxylic acids is 1. The summed E-state index contributed by atoms with van der Waals surface area (Å²) < 4.78 is 10.6. The van der Waals surface area contributed by atoms with Crippen LogP contribution in [0.3, 0.4) is 0 Å². The first-order chi connectivity index (χ1) is 12.9. The first kappa shape index (κ1) is 19.2. The molecule has 2 aromatic rings. The van der Waals surface area contributed by atoms with Crippen LogP contribution in [0.5, 0.6) is 0 Å². The number of amides is 2. The van der Waals surface area contributed by atoms with Crippen molar-refractivity contribution in [3.8, 4) is 11.3 Å². The summed E-state index contributed by atoms with van der Waals surface area (Å²) in [7, 11) is 1.49. The Labute approximate surface area is 163 Å². The molecular formula is C18H14ClNO6S. The van der Waals surface area contributed by atoms with Gasteiger partial charge >= 0.3 is 5.97 Å². The molecule has 0 radical (unpaired) electrons. The molecule has 1 aliphatic rings. The number of carbonyl (C=O) groups is 3. The molecule has 1 saturated heterocycles. The molecule has 7 nitrogen and oxygen atoms in total. The van der Waals surface area contributed by atoms with Crippen LogP contribution in [0.1, 0.15) is 16.1 Å². The summed E-state index contributed by atoms with van der Waals surface area (Å²) in [4.78, 5) is 36.6. The van der Waals surface area contributed by atoms with E-state index in [0.29, 0.717) is 17.1 Å². The standard InChI is InChI=1S/C18H14ClNO6S/c1-25-7-6-20-16(21)15(27-18(20)24)9-11-3-5-14(26-11)10-2-4-12(17(22)23)13(19)8-10/h2-5,8-9H,6-7H2,1H3,(H,22,23)/b15-9+. The molecule has 2 heterocycles. The smallest absolute Gasteiger partial charge is 0.337 e. The van der Waals surface area contributed by atoms with Crippen LogP contribution in [0, 0.1) is 0 Å². The molecule has 0 saturated carbocycles. The molecule has 140 valence electrons. The van der Waals surface area contributed by atoms with Gasteiger partial charge in [-0.05, 0) is 36.0 Å². The van der Waals surface area contributed by atoms with Gasteiger partial charge in [0, 0.05) is 18.7 Å². The number of nitrogens with zero attached hydrogens (tertiary/aromatic N) is 1. The fourth-order valence-electron chi connectivity index (χ4n) is 2.43. The van der Waals surface area contributed by atoms with E-state index in [4.69, 9.17) is 25.9 Å². The maximum Gasteiger partial charge on any atom is 0.337 e. The third-order valence-corrected chi connectivity index (χ3v) is 5.00. The van der Waals surface area contributed by atoms with E-state index in [2.05, 4.69) is 0 Å². The summed E-state index contributed by atoms with van der Waals surface area (Å²) in [5, 5.41) is 8.76. The predicted molar refractivity (Wildman–Crippen MR) is 101 cm³/mol. The summed E-state index contributed by atoms with van der Waals surface area (Å²) in [6.45, 7) is 0.458. The van der Waals surface area contributed by atoms with Crippen LogP contribution >= 0.6 is 23.4 Å². The Kier molecular flexibility index (Phi) is 5.69. The van der Waals surface area contributed by atoms with E-state index in [1.807, 2.05) is 0 Å². The average molecular weight is 408 g/mol. The van der Waals surface area contributed by atoms with Gasteiger partial charge in [-0.3, -0.25) is 14.5 Å². The molecule has 0 spiro atoms. The van der Waals surface area contributed by atoms with Crippen molar-refractivity contribution in [2.45, 2.75) is 0 Å². The number of hydrogen-bond donors (Lipinski definition) is 1. The van der Waals surface area contributed by atoms with Crippen LogP contribution < -0.4 is 0 Å². The number of aromatic carboxylic acids is 1. The monoisotopic (exact) mass is 407 g/mol. The van der Waals surface area contributed by atoms with E-state index in [0.717, 1.165) is 16.7 Å². The number of hydrogen-bond acceptors (Lipinski definition) is 6. The summed E-state index contributed by atoms with van der Waals surface area (Å²) >= 11 is 6.81. The number of carboxylic acid groups (broad SMARTS) is 1. The predicted octanol–water partition coefficient (Wildman–Crippen LogP) is 3.98. The second-order valence-corrected chi connectivity index (χ2v) is 6.93. The third-order valence-electron chi connectivity index (χ3n) is 3.78. The molecule has 1 aromatic heterocycles. The van der Waals surface area contributed by atoms with Gasteiger partial charge in [-0.1, -0.05) is 17.7 Å². The van der Waals surface area contributed by atoms with E-state index in [9.17, 15) is 14.4 Å². The third kappa shape index (κ3) is 4.08. The van der Waals surface area contributed by atoms with E-state index >= 15 is 0 Å². The van der Waals surface area contributed by atoms with Crippen LogP contribution in [0.2, 0.25) is 5.02 Å². The highest BCUT2D eigenvalue weighted by Gasteiger charge is 2.34. The van der Waals surface area contributed by atoms with Gasteiger partial charge in [0.1, 0.15) is 11.5 Å². The second-order valence-electron chi connectivity index (χ2n) is 5.53. The van der Waals surface area contributed by atoms with E-state index in [1.54, 1.807) is 18.2 Å². The number of halogens is 1. The van der Waals surface area contributed by atoms with Crippen molar-refractivity contribution in [2.24, 2.45) is 0 Å². The summed E-state index contributed by atoms with van der Waals surface area (Å²) in [5.41, 5.74) is 0.592. The van der Waals surface area contributed by atoms with Gasteiger partial charge in [0.05, 0.1) is 28.6 Å². The zero-order valence-corrected chi connectivity index (χ0v) is 15.7. The van der Waals surface area contributed by atoms with Crippen molar-refractivity contribution >= 4 is 46.6 Å². The Hall–Kier alpha value is -2.55. The van der Waals surface area contributed by atoms with Gasteiger partial charge in [-0.15, -0.1) is 0 Å². The van der Waals surface area contributed by atoms with Crippen molar-refractivity contribution < 1.29 is 28.6 Å². The van der Waals surface area contributed by atoms with Crippen molar-refractivity contribution in [3.63, 3.8) is 0 Å². The van der Waals surface area contributed by atoms with Crippen LogP contribution in [0.25, 0.3) is 17.4 Å². The number of imide groups is 1. The highest BCUT2D eigenvalue weighted by Crippen LogP contribution is 2.33. The summed E-state index contributed by atoms with van der Waals surface area (Å²) in [5.74, 6) is -0.663. The Morgan fingerprint density at radius 2 is 2.11 bits per heavy atom. The van der Waals surface area contributed by atoms with Gasteiger partial charge < -0.3 is 14.3 Å². The lowest BCUT2D eigenvalue weighted by Crippen LogP contribution is -2.31. The number of ether oxygens (including phenoxy) is 1. The van der Waals surface area contributed by atoms with Gasteiger partial charge in [0.15, 0.2) is 0 Å². The van der Waals surface area contributed by atoms with Gasteiger partial charge in [0.2, 0.25) is 0 Å². The molecule has 1 aliphatic heterocycles. The quantitative estimate of drug-likeness (QED) is 0.723. The number of thioether (sulfide) groups is 1. The van der Waals surface area contributed by atoms with E-state index < -0.39 is 11.9 Å². The fourth-order valence-corrected chi connectivity index (χ4v) is 3.54. The molecule has 9 heteroatoms. The van der Waals surface area contributed by atoms with Crippen molar-refractivity contribution in [2.75, 3.05) is 20.3 Å². The minimum absolute atomic E-state index is 0.00284. The molecule has 1 fully saturated rings. The van der Waals surface area contributed by atoms with E-state index in [1.165, 1.54) is 25.3 Å². The largest absolute Gasteiger partial charge is 0.478 e. The lowest BCUT2D eigenvalue weighted by Gasteiger charge is -2.10. The molecular weight excluding hydrogens is 394 g/mol. The maximum absolute atomic E-state index is 12.3. The minimum Gasteiger partial charge on any atom is -0.478 e.